The first-order valence-corrected chi connectivity index (χ1v) is 7.31. The second-order valence-corrected chi connectivity index (χ2v) is 5.18. The van der Waals surface area contributed by atoms with Gasteiger partial charge in [0.2, 0.25) is 5.91 Å². The number of benzene rings is 2. The van der Waals surface area contributed by atoms with Crippen LogP contribution < -0.4 is 16.0 Å². The first kappa shape index (κ1) is 15.5. The highest BCUT2D eigenvalue weighted by atomic mass is 16.5. The van der Waals surface area contributed by atoms with E-state index in [9.17, 15) is 14.4 Å². The molecule has 0 saturated heterocycles. The molecule has 1 heterocycles. The van der Waals surface area contributed by atoms with Crippen LogP contribution in [-0.2, 0) is 16.1 Å². The third-order valence-electron chi connectivity index (χ3n) is 3.41. The van der Waals surface area contributed by atoms with Gasteiger partial charge in [-0.2, -0.15) is 0 Å². The predicted molar refractivity (Wildman–Crippen MR) is 87.7 cm³/mol. The zero-order valence-corrected chi connectivity index (χ0v) is 12.7. The van der Waals surface area contributed by atoms with E-state index in [1.807, 2.05) is 30.3 Å². The lowest BCUT2D eigenvalue weighted by Crippen LogP contribution is -2.28. The molecule has 3 N–H and O–H groups in total. The van der Waals surface area contributed by atoms with Gasteiger partial charge in [-0.05, 0) is 23.8 Å². The number of amides is 3. The van der Waals surface area contributed by atoms with Crippen LogP contribution in [0.2, 0.25) is 0 Å². The van der Waals surface area contributed by atoms with Crippen LogP contribution in [0.5, 0.6) is 0 Å². The third-order valence-corrected chi connectivity index (χ3v) is 3.41. The topological polar surface area (TPSA) is 96.5 Å². The van der Waals surface area contributed by atoms with Crippen molar-refractivity contribution in [2.45, 2.75) is 6.61 Å². The Balaban J connectivity index is 1.66. The average molecular weight is 325 g/mol. The summed E-state index contributed by atoms with van der Waals surface area (Å²) in [6.45, 7) is 0.0591. The van der Waals surface area contributed by atoms with Gasteiger partial charge in [0, 0.05) is 5.69 Å². The predicted octanol–water partition coefficient (Wildman–Crippen LogP) is 2.12. The Morgan fingerprint density at radius 1 is 1.12 bits per heavy atom. The van der Waals surface area contributed by atoms with Crippen LogP contribution in [-0.4, -0.2) is 24.5 Å². The minimum atomic E-state index is -0.628. The molecule has 3 rings (SSSR count). The van der Waals surface area contributed by atoms with Crippen molar-refractivity contribution in [3.63, 3.8) is 0 Å². The highest BCUT2D eigenvalue weighted by Gasteiger charge is 2.19. The van der Waals surface area contributed by atoms with Crippen LogP contribution in [0.25, 0.3) is 0 Å². The SMILES string of the molecule is O=C1CNC(=O)c2cc(NC(=O)OCc3ccccc3)ccc2N1. The maximum Gasteiger partial charge on any atom is 0.411 e. The second kappa shape index (κ2) is 6.82. The zero-order chi connectivity index (χ0) is 16.9. The number of nitrogens with one attached hydrogen (secondary N) is 3. The minimum Gasteiger partial charge on any atom is -0.444 e. The molecule has 0 unspecified atom stereocenters. The second-order valence-electron chi connectivity index (χ2n) is 5.18. The van der Waals surface area contributed by atoms with Gasteiger partial charge in [0.15, 0.2) is 0 Å². The zero-order valence-electron chi connectivity index (χ0n) is 12.7. The Hall–Kier alpha value is -3.35. The summed E-state index contributed by atoms with van der Waals surface area (Å²) >= 11 is 0. The van der Waals surface area contributed by atoms with Crippen LogP contribution in [0.1, 0.15) is 15.9 Å². The molecule has 7 heteroatoms. The summed E-state index contributed by atoms with van der Waals surface area (Å²) < 4.78 is 5.12. The number of hydrogen-bond donors (Lipinski definition) is 3. The van der Waals surface area contributed by atoms with Gasteiger partial charge in [0.1, 0.15) is 6.61 Å². The van der Waals surface area contributed by atoms with E-state index < -0.39 is 6.09 Å². The first-order valence-electron chi connectivity index (χ1n) is 7.31. The summed E-state index contributed by atoms with van der Waals surface area (Å²) in [6.07, 6.45) is -0.628. The van der Waals surface area contributed by atoms with E-state index in [0.29, 0.717) is 11.4 Å². The molecule has 0 aromatic heterocycles. The lowest BCUT2D eigenvalue weighted by molar-refractivity contribution is -0.115. The first-order chi connectivity index (χ1) is 11.6. The lowest BCUT2D eigenvalue weighted by atomic mass is 10.1. The fourth-order valence-electron chi connectivity index (χ4n) is 2.25. The van der Waals surface area contributed by atoms with Crippen molar-refractivity contribution >= 4 is 29.3 Å². The van der Waals surface area contributed by atoms with Crippen molar-refractivity contribution in [1.82, 2.24) is 5.32 Å². The standard InChI is InChI=1S/C17H15N3O4/c21-15-9-18-16(22)13-8-12(6-7-14(13)20-15)19-17(23)24-10-11-4-2-1-3-5-11/h1-8H,9-10H2,(H,18,22)(H,19,23)(H,20,21). The van der Waals surface area contributed by atoms with Crippen molar-refractivity contribution in [3.05, 3.63) is 59.7 Å². The van der Waals surface area contributed by atoms with Gasteiger partial charge in [-0.25, -0.2) is 4.79 Å². The highest BCUT2D eigenvalue weighted by molar-refractivity contribution is 6.09. The van der Waals surface area contributed by atoms with E-state index in [2.05, 4.69) is 16.0 Å². The summed E-state index contributed by atoms with van der Waals surface area (Å²) in [5.41, 5.74) is 1.95. The molecule has 0 atom stereocenters. The molecular formula is C17H15N3O4. The number of hydrogen-bond acceptors (Lipinski definition) is 4. The molecule has 24 heavy (non-hydrogen) atoms. The molecular weight excluding hydrogens is 310 g/mol. The van der Waals surface area contributed by atoms with Gasteiger partial charge in [-0.3, -0.25) is 14.9 Å². The Morgan fingerprint density at radius 2 is 1.92 bits per heavy atom. The van der Waals surface area contributed by atoms with Gasteiger partial charge in [0.25, 0.3) is 5.91 Å². The molecule has 1 aliphatic heterocycles. The fraction of sp³-hybridized carbons (Fsp3) is 0.118. The van der Waals surface area contributed by atoms with Crippen LogP contribution in [0, 0.1) is 0 Å². The van der Waals surface area contributed by atoms with Gasteiger partial charge >= 0.3 is 6.09 Å². The van der Waals surface area contributed by atoms with Crippen molar-refractivity contribution in [3.8, 4) is 0 Å². The number of rotatable bonds is 3. The molecule has 0 aliphatic carbocycles. The Labute approximate surface area is 138 Å². The molecule has 0 fully saturated rings. The average Bonchev–Trinajstić information content (AvgIpc) is 2.73. The minimum absolute atomic E-state index is 0.0879. The van der Waals surface area contributed by atoms with Gasteiger partial charge < -0.3 is 15.4 Å². The fourth-order valence-corrected chi connectivity index (χ4v) is 2.25. The maximum atomic E-state index is 12.0. The molecule has 0 spiro atoms. The molecule has 3 amide bonds. The maximum absolute atomic E-state index is 12.0. The molecule has 2 aromatic carbocycles. The number of anilines is 2. The third kappa shape index (κ3) is 3.70. The molecule has 7 nitrogen and oxygen atoms in total. The summed E-state index contributed by atoms with van der Waals surface area (Å²) in [6, 6.07) is 13.9. The van der Waals surface area contributed by atoms with E-state index in [1.54, 1.807) is 12.1 Å². The molecule has 0 radical (unpaired) electrons. The largest absolute Gasteiger partial charge is 0.444 e. The summed E-state index contributed by atoms with van der Waals surface area (Å²) in [7, 11) is 0. The summed E-state index contributed by atoms with van der Waals surface area (Å²) in [4.78, 5) is 35.3. The van der Waals surface area contributed by atoms with Crippen LogP contribution in [0.15, 0.2) is 48.5 Å². The summed E-state index contributed by atoms with van der Waals surface area (Å²) in [5.74, 6) is -0.685. The molecule has 122 valence electrons. The van der Waals surface area contributed by atoms with Crippen LogP contribution in [0.3, 0.4) is 0 Å². The van der Waals surface area contributed by atoms with Crippen molar-refractivity contribution in [2.75, 3.05) is 17.2 Å². The smallest absolute Gasteiger partial charge is 0.411 e. The Morgan fingerprint density at radius 3 is 2.71 bits per heavy atom. The van der Waals surface area contributed by atoms with Crippen molar-refractivity contribution in [1.29, 1.82) is 0 Å². The quantitative estimate of drug-likeness (QED) is 0.805. The number of ether oxygens (including phenoxy) is 1. The van der Waals surface area contributed by atoms with E-state index in [4.69, 9.17) is 4.74 Å². The van der Waals surface area contributed by atoms with Crippen molar-refractivity contribution < 1.29 is 19.1 Å². The molecule has 0 saturated carbocycles. The van der Waals surface area contributed by atoms with E-state index in [1.165, 1.54) is 6.07 Å². The lowest BCUT2D eigenvalue weighted by Gasteiger charge is -2.10. The van der Waals surface area contributed by atoms with Gasteiger partial charge in [0.05, 0.1) is 17.8 Å². The monoisotopic (exact) mass is 325 g/mol. The normalized spacial score (nSPS) is 13.2. The Kier molecular flexibility index (Phi) is 4.42. The van der Waals surface area contributed by atoms with Crippen molar-refractivity contribution in [2.24, 2.45) is 0 Å². The summed E-state index contributed by atoms with van der Waals surface area (Å²) in [5, 5.41) is 7.66. The molecule has 2 aromatic rings. The Bertz CT molecular complexity index is 790. The number of carbonyl (C=O) groups excluding carboxylic acids is 3. The molecule has 0 bridgehead atoms. The van der Waals surface area contributed by atoms with Crippen LogP contribution in [0.4, 0.5) is 16.2 Å². The van der Waals surface area contributed by atoms with E-state index in [0.717, 1.165) is 5.56 Å². The van der Waals surface area contributed by atoms with Gasteiger partial charge in [-0.15, -0.1) is 0 Å². The highest BCUT2D eigenvalue weighted by Crippen LogP contribution is 2.22. The van der Waals surface area contributed by atoms with E-state index >= 15 is 0 Å². The van der Waals surface area contributed by atoms with Gasteiger partial charge in [-0.1, -0.05) is 30.3 Å². The van der Waals surface area contributed by atoms with Crippen LogP contribution >= 0.6 is 0 Å². The molecule has 1 aliphatic rings. The number of carbonyl (C=O) groups is 3. The number of fused-ring (bicyclic) bond motifs is 1. The van der Waals surface area contributed by atoms with E-state index in [-0.39, 0.29) is 30.5 Å².